The molecule has 0 radical (unpaired) electrons. The summed E-state index contributed by atoms with van der Waals surface area (Å²) >= 11 is 0. The minimum absolute atomic E-state index is 0.150. The van der Waals surface area contributed by atoms with E-state index in [0.29, 0.717) is 11.4 Å². The average Bonchev–Trinajstić information content (AvgIpc) is 2.74. The second-order valence-electron chi connectivity index (χ2n) is 7.49. The van der Waals surface area contributed by atoms with Crippen LogP contribution in [-0.4, -0.2) is 30.6 Å². The van der Waals surface area contributed by atoms with Gasteiger partial charge in [-0.15, -0.1) is 0 Å². The first-order valence-corrected chi connectivity index (χ1v) is 10.5. The Labute approximate surface area is 182 Å². The van der Waals surface area contributed by atoms with E-state index in [9.17, 15) is 19.7 Å². The molecule has 0 bridgehead atoms. The van der Waals surface area contributed by atoms with Gasteiger partial charge in [-0.05, 0) is 20.3 Å². The smallest absolute Gasteiger partial charge is 0.336 e. The van der Waals surface area contributed by atoms with Gasteiger partial charge < -0.3 is 14.8 Å². The first-order chi connectivity index (χ1) is 14.8. The number of unbranched alkanes of at least 4 members (excludes halogenated alkanes) is 4. The lowest BCUT2D eigenvalue weighted by Crippen LogP contribution is -2.32. The number of nitro benzene ring substituents is 1. The molecule has 1 heterocycles. The molecule has 1 atom stereocenters. The Hall–Kier alpha value is -3.16. The van der Waals surface area contributed by atoms with Gasteiger partial charge in [-0.2, -0.15) is 0 Å². The zero-order valence-corrected chi connectivity index (χ0v) is 18.5. The molecule has 8 heteroatoms. The summed E-state index contributed by atoms with van der Waals surface area (Å²) in [6.07, 6.45) is 5.02. The molecule has 1 N–H and O–H groups in total. The van der Waals surface area contributed by atoms with E-state index >= 15 is 0 Å². The van der Waals surface area contributed by atoms with Crippen molar-refractivity contribution in [2.45, 2.75) is 58.8 Å². The van der Waals surface area contributed by atoms with Crippen LogP contribution in [0.4, 0.5) is 5.69 Å². The Morgan fingerprint density at radius 2 is 1.65 bits per heavy atom. The van der Waals surface area contributed by atoms with Gasteiger partial charge in [0.25, 0.3) is 5.69 Å². The van der Waals surface area contributed by atoms with Crippen molar-refractivity contribution in [3.63, 3.8) is 0 Å². The number of benzene rings is 1. The average molecular weight is 431 g/mol. The van der Waals surface area contributed by atoms with Crippen LogP contribution in [0.25, 0.3) is 0 Å². The van der Waals surface area contributed by atoms with Crippen LogP contribution in [0, 0.1) is 10.1 Å². The molecule has 8 nitrogen and oxygen atoms in total. The highest BCUT2D eigenvalue weighted by molar-refractivity contribution is 6.00. The highest BCUT2D eigenvalue weighted by Gasteiger charge is 2.40. The fourth-order valence-corrected chi connectivity index (χ4v) is 3.80. The lowest BCUT2D eigenvalue weighted by Gasteiger charge is -2.30. The number of carbonyl (C=O) groups is 2. The Kier molecular flexibility index (Phi) is 8.78. The maximum Gasteiger partial charge on any atom is 0.336 e. The van der Waals surface area contributed by atoms with E-state index in [1.54, 1.807) is 32.0 Å². The largest absolute Gasteiger partial charge is 0.466 e. The lowest BCUT2D eigenvalue weighted by atomic mass is 9.79. The molecule has 1 aromatic rings. The number of dihydropyridines is 1. The highest BCUT2D eigenvalue weighted by atomic mass is 16.6. The predicted molar refractivity (Wildman–Crippen MR) is 116 cm³/mol. The standard InChI is InChI=1S/C23H30N2O6/c1-5-6-7-8-11-14-31-23(27)20-16(3)24-15(2)19(22(26)30-4)21(20)17-12-9-10-13-18(17)25(28)29/h9-10,12-13,21,24H,5-8,11,14H2,1-4H3. The van der Waals surface area contributed by atoms with Gasteiger partial charge in [0.05, 0.1) is 35.7 Å². The number of ether oxygens (including phenoxy) is 2. The summed E-state index contributed by atoms with van der Waals surface area (Å²) in [7, 11) is 1.23. The van der Waals surface area contributed by atoms with Gasteiger partial charge in [0.1, 0.15) is 0 Å². The number of rotatable bonds is 10. The summed E-state index contributed by atoms with van der Waals surface area (Å²) in [5.41, 5.74) is 1.35. The lowest BCUT2D eigenvalue weighted by molar-refractivity contribution is -0.385. The minimum Gasteiger partial charge on any atom is -0.466 e. The van der Waals surface area contributed by atoms with Gasteiger partial charge in [-0.25, -0.2) is 9.59 Å². The van der Waals surface area contributed by atoms with Crippen molar-refractivity contribution in [3.05, 3.63) is 62.5 Å². The van der Waals surface area contributed by atoms with E-state index < -0.39 is 22.8 Å². The van der Waals surface area contributed by atoms with Gasteiger partial charge in [-0.1, -0.05) is 50.8 Å². The fourth-order valence-electron chi connectivity index (χ4n) is 3.80. The van der Waals surface area contributed by atoms with E-state index in [-0.39, 0.29) is 29.0 Å². The number of nitro groups is 1. The summed E-state index contributed by atoms with van der Waals surface area (Å²) in [5.74, 6) is -2.23. The molecule has 0 amide bonds. The van der Waals surface area contributed by atoms with Gasteiger partial charge in [0, 0.05) is 23.0 Å². The predicted octanol–water partition coefficient (Wildman–Crippen LogP) is 4.52. The summed E-state index contributed by atoms with van der Waals surface area (Å²) in [5, 5.41) is 14.7. The molecule has 168 valence electrons. The van der Waals surface area contributed by atoms with Crippen LogP contribution in [-0.2, 0) is 19.1 Å². The second-order valence-corrected chi connectivity index (χ2v) is 7.49. The molecular weight excluding hydrogens is 400 g/mol. The molecule has 31 heavy (non-hydrogen) atoms. The van der Waals surface area contributed by atoms with Crippen molar-refractivity contribution in [2.75, 3.05) is 13.7 Å². The Morgan fingerprint density at radius 3 is 2.26 bits per heavy atom. The highest BCUT2D eigenvalue weighted by Crippen LogP contribution is 2.42. The number of carbonyl (C=O) groups excluding carboxylic acids is 2. The number of nitrogens with zero attached hydrogens (tertiary/aromatic N) is 1. The third-order valence-electron chi connectivity index (χ3n) is 5.31. The van der Waals surface area contributed by atoms with Crippen LogP contribution in [0.2, 0.25) is 0 Å². The van der Waals surface area contributed by atoms with Crippen molar-refractivity contribution in [3.8, 4) is 0 Å². The summed E-state index contributed by atoms with van der Waals surface area (Å²) in [6.45, 7) is 5.74. The number of allylic oxidation sites excluding steroid dienone is 2. The van der Waals surface area contributed by atoms with Crippen LogP contribution in [0.5, 0.6) is 0 Å². The number of methoxy groups -OCH3 is 1. The maximum atomic E-state index is 13.1. The molecule has 0 saturated carbocycles. The van der Waals surface area contributed by atoms with E-state index in [2.05, 4.69) is 12.2 Å². The van der Waals surface area contributed by atoms with E-state index in [0.717, 1.165) is 32.1 Å². The molecule has 1 aliphatic heterocycles. The number of esters is 2. The molecule has 0 saturated heterocycles. The molecule has 1 aromatic carbocycles. The fraction of sp³-hybridized carbons (Fsp3) is 0.478. The van der Waals surface area contributed by atoms with Gasteiger partial charge in [0.15, 0.2) is 0 Å². The van der Waals surface area contributed by atoms with Gasteiger partial charge >= 0.3 is 11.9 Å². The minimum atomic E-state index is -0.970. The van der Waals surface area contributed by atoms with Crippen molar-refractivity contribution < 1.29 is 24.0 Å². The first kappa shape index (κ1) is 24.1. The molecule has 0 aliphatic carbocycles. The third kappa shape index (κ3) is 5.71. The molecule has 0 aromatic heterocycles. The van der Waals surface area contributed by atoms with Crippen molar-refractivity contribution in [1.29, 1.82) is 0 Å². The first-order valence-electron chi connectivity index (χ1n) is 10.5. The van der Waals surface area contributed by atoms with Crippen molar-refractivity contribution in [2.24, 2.45) is 0 Å². The second kappa shape index (κ2) is 11.3. The summed E-state index contributed by atoms with van der Waals surface area (Å²) in [6, 6.07) is 6.09. The molecule has 0 fully saturated rings. The normalized spacial score (nSPS) is 16.1. The molecule has 1 unspecified atom stereocenters. The summed E-state index contributed by atoms with van der Waals surface area (Å²) < 4.78 is 10.4. The van der Waals surface area contributed by atoms with E-state index in [1.807, 2.05) is 0 Å². The molecule has 2 rings (SSSR count). The maximum absolute atomic E-state index is 13.1. The quantitative estimate of drug-likeness (QED) is 0.252. The molecular formula is C23H30N2O6. The van der Waals surface area contributed by atoms with E-state index in [4.69, 9.17) is 9.47 Å². The SMILES string of the molecule is CCCCCCCOC(=O)C1=C(C)NC(C)=C(C(=O)OC)C1c1ccccc1[N+](=O)[O-]. The van der Waals surface area contributed by atoms with Gasteiger partial charge in [-0.3, -0.25) is 10.1 Å². The zero-order valence-electron chi connectivity index (χ0n) is 18.5. The Bertz CT molecular complexity index is 903. The monoisotopic (exact) mass is 430 g/mol. The Balaban J connectivity index is 2.43. The van der Waals surface area contributed by atoms with E-state index in [1.165, 1.54) is 13.2 Å². The topological polar surface area (TPSA) is 108 Å². The summed E-state index contributed by atoms with van der Waals surface area (Å²) in [4.78, 5) is 36.8. The number of hydrogen-bond donors (Lipinski definition) is 1. The van der Waals surface area contributed by atoms with Crippen LogP contribution in [0.3, 0.4) is 0 Å². The van der Waals surface area contributed by atoms with Gasteiger partial charge in [0.2, 0.25) is 0 Å². The third-order valence-corrected chi connectivity index (χ3v) is 5.31. The van der Waals surface area contributed by atoms with Crippen molar-refractivity contribution >= 4 is 17.6 Å². The van der Waals surface area contributed by atoms with Crippen molar-refractivity contribution in [1.82, 2.24) is 5.32 Å². The number of para-hydroxylation sites is 1. The van der Waals surface area contributed by atoms with Crippen LogP contribution >= 0.6 is 0 Å². The number of hydrogen-bond acceptors (Lipinski definition) is 7. The van der Waals surface area contributed by atoms with Crippen LogP contribution < -0.4 is 5.32 Å². The zero-order chi connectivity index (χ0) is 23.0. The number of nitrogens with one attached hydrogen (secondary N) is 1. The van der Waals surface area contributed by atoms with Crippen LogP contribution in [0.1, 0.15) is 64.4 Å². The van der Waals surface area contributed by atoms with Crippen LogP contribution in [0.15, 0.2) is 46.8 Å². The molecule has 0 spiro atoms. The molecule has 1 aliphatic rings. The Morgan fingerprint density at radius 1 is 1.03 bits per heavy atom.